The third-order valence-corrected chi connectivity index (χ3v) is 2.90. The van der Waals surface area contributed by atoms with Gasteiger partial charge in [0.1, 0.15) is 5.52 Å². The predicted octanol–water partition coefficient (Wildman–Crippen LogP) is 2.09. The maximum Gasteiger partial charge on any atom is 0.192 e. The van der Waals surface area contributed by atoms with Crippen molar-refractivity contribution in [1.82, 2.24) is 15.0 Å². The molecule has 0 atom stereocenters. The zero-order valence-corrected chi connectivity index (χ0v) is 10.6. The number of oxazole rings is 1. The van der Waals surface area contributed by atoms with E-state index in [9.17, 15) is 0 Å². The molecule has 5 heteroatoms. The topological polar surface area (TPSA) is 77.8 Å². The number of rotatable bonds is 3. The number of hydrogen-bond donors (Lipinski definition) is 1. The molecule has 96 valence electrons. The number of hydrogen-bond acceptors (Lipinski definition) is 5. The Bertz CT molecular complexity index is 703. The largest absolute Gasteiger partial charge is 0.441 e. The molecule has 2 N–H and O–H groups in total. The van der Waals surface area contributed by atoms with Crippen molar-refractivity contribution >= 4 is 11.1 Å². The summed E-state index contributed by atoms with van der Waals surface area (Å²) in [7, 11) is 0. The summed E-state index contributed by atoms with van der Waals surface area (Å²) in [5.74, 6) is 0.663. The lowest BCUT2D eigenvalue weighted by Crippen LogP contribution is -2.04. The molecule has 5 nitrogen and oxygen atoms in total. The minimum absolute atomic E-state index is 0.581. The van der Waals surface area contributed by atoms with Crippen molar-refractivity contribution in [1.29, 1.82) is 0 Å². The fraction of sp³-hybridized carbons (Fsp3) is 0.214. The molecule has 0 amide bonds. The van der Waals surface area contributed by atoms with Gasteiger partial charge in [-0.3, -0.25) is 9.97 Å². The van der Waals surface area contributed by atoms with Crippen molar-refractivity contribution in [3.05, 3.63) is 42.2 Å². The summed E-state index contributed by atoms with van der Waals surface area (Å²) in [5.41, 5.74) is 9.80. The van der Waals surface area contributed by atoms with Crippen LogP contribution in [0, 0.1) is 6.92 Å². The van der Waals surface area contributed by atoms with Crippen molar-refractivity contribution < 1.29 is 4.42 Å². The highest BCUT2D eigenvalue weighted by molar-refractivity contribution is 5.79. The quantitative estimate of drug-likeness (QED) is 0.774. The van der Waals surface area contributed by atoms with Crippen LogP contribution >= 0.6 is 0 Å². The molecule has 1 aromatic carbocycles. The summed E-state index contributed by atoms with van der Waals surface area (Å²) in [5, 5.41) is 0. The molecule has 0 radical (unpaired) electrons. The normalized spacial score (nSPS) is 11.1. The Kier molecular flexibility index (Phi) is 2.97. The van der Waals surface area contributed by atoms with Gasteiger partial charge in [0.25, 0.3) is 0 Å². The van der Waals surface area contributed by atoms with E-state index in [2.05, 4.69) is 15.0 Å². The Labute approximate surface area is 110 Å². The molecule has 0 fully saturated rings. The second-order valence-electron chi connectivity index (χ2n) is 4.35. The van der Waals surface area contributed by atoms with Crippen LogP contribution in [0.5, 0.6) is 0 Å². The Morgan fingerprint density at radius 3 is 2.84 bits per heavy atom. The van der Waals surface area contributed by atoms with Gasteiger partial charge in [0, 0.05) is 25.1 Å². The third kappa shape index (κ3) is 2.32. The highest BCUT2D eigenvalue weighted by atomic mass is 16.3. The second-order valence-corrected chi connectivity index (χ2v) is 4.35. The van der Waals surface area contributed by atoms with Crippen LogP contribution in [0.1, 0.15) is 11.6 Å². The number of nitrogens with two attached hydrogens (primary N) is 1. The lowest BCUT2D eigenvalue weighted by Gasteiger charge is -2.01. The van der Waals surface area contributed by atoms with E-state index in [1.807, 2.05) is 25.1 Å². The van der Waals surface area contributed by atoms with E-state index in [1.165, 1.54) is 0 Å². The van der Waals surface area contributed by atoms with Crippen LogP contribution < -0.4 is 5.73 Å². The SMILES string of the molecule is Cc1nc2ccc(-c3cnc(CCN)cn3)cc2o1. The fourth-order valence-electron chi connectivity index (χ4n) is 1.98. The minimum atomic E-state index is 0.581. The first kappa shape index (κ1) is 11.8. The number of aromatic nitrogens is 3. The molecule has 0 saturated heterocycles. The third-order valence-electron chi connectivity index (χ3n) is 2.90. The summed E-state index contributed by atoms with van der Waals surface area (Å²) < 4.78 is 5.52. The number of fused-ring (bicyclic) bond motifs is 1. The molecule has 3 rings (SSSR count). The van der Waals surface area contributed by atoms with Crippen LogP contribution in [0.2, 0.25) is 0 Å². The summed E-state index contributed by atoms with van der Waals surface area (Å²) in [6.07, 6.45) is 4.26. The Hall–Kier alpha value is -2.27. The molecule has 2 aromatic heterocycles. The van der Waals surface area contributed by atoms with E-state index in [0.717, 1.165) is 34.5 Å². The van der Waals surface area contributed by atoms with Gasteiger partial charge in [-0.15, -0.1) is 0 Å². The molecule has 0 bridgehead atoms. The molecule has 0 spiro atoms. The molecule has 19 heavy (non-hydrogen) atoms. The molecule has 0 aliphatic heterocycles. The monoisotopic (exact) mass is 254 g/mol. The van der Waals surface area contributed by atoms with Gasteiger partial charge in [0.05, 0.1) is 17.6 Å². The zero-order chi connectivity index (χ0) is 13.2. The van der Waals surface area contributed by atoms with E-state index in [0.29, 0.717) is 12.4 Å². The van der Waals surface area contributed by atoms with Crippen LogP contribution in [0.25, 0.3) is 22.4 Å². The molecular weight excluding hydrogens is 240 g/mol. The van der Waals surface area contributed by atoms with Crippen LogP contribution in [0.3, 0.4) is 0 Å². The van der Waals surface area contributed by atoms with Gasteiger partial charge in [0.2, 0.25) is 0 Å². The fourth-order valence-corrected chi connectivity index (χ4v) is 1.98. The average molecular weight is 254 g/mol. The van der Waals surface area contributed by atoms with Crippen molar-refractivity contribution in [3.63, 3.8) is 0 Å². The molecule has 0 unspecified atom stereocenters. The first-order valence-electron chi connectivity index (χ1n) is 6.15. The van der Waals surface area contributed by atoms with E-state index >= 15 is 0 Å². The van der Waals surface area contributed by atoms with E-state index in [1.54, 1.807) is 12.4 Å². The lowest BCUT2D eigenvalue weighted by atomic mass is 10.1. The predicted molar refractivity (Wildman–Crippen MR) is 72.5 cm³/mol. The first-order valence-corrected chi connectivity index (χ1v) is 6.15. The molecule has 2 heterocycles. The minimum Gasteiger partial charge on any atom is -0.441 e. The standard InChI is InChI=1S/C14H14N4O/c1-9-18-12-3-2-10(6-14(12)19-9)13-8-16-11(4-5-15)7-17-13/h2-3,6-8H,4-5,15H2,1H3. The maximum atomic E-state index is 5.52. The van der Waals surface area contributed by atoms with Gasteiger partial charge in [-0.1, -0.05) is 6.07 Å². The number of aryl methyl sites for hydroxylation is 1. The Balaban J connectivity index is 1.98. The molecule has 0 saturated carbocycles. The van der Waals surface area contributed by atoms with Crippen molar-refractivity contribution in [2.45, 2.75) is 13.3 Å². The van der Waals surface area contributed by atoms with Crippen LogP contribution in [-0.2, 0) is 6.42 Å². The second kappa shape index (κ2) is 4.78. The van der Waals surface area contributed by atoms with Crippen LogP contribution in [0.4, 0.5) is 0 Å². The van der Waals surface area contributed by atoms with Crippen LogP contribution in [-0.4, -0.2) is 21.5 Å². The summed E-state index contributed by atoms with van der Waals surface area (Å²) in [4.78, 5) is 13.0. The lowest BCUT2D eigenvalue weighted by molar-refractivity contribution is 0.561. The van der Waals surface area contributed by atoms with Gasteiger partial charge in [0.15, 0.2) is 11.5 Å². The molecule has 3 aromatic rings. The van der Waals surface area contributed by atoms with Gasteiger partial charge in [-0.05, 0) is 18.7 Å². The Morgan fingerprint density at radius 1 is 1.21 bits per heavy atom. The van der Waals surface area contributed by atoms with E-state index < -0.39 is 0 Å². The van der Waals surface area contributed by atoms with E-state index in [4.69, 9.17) is 10.2 Å². The summed E-state index contributed by atoms with van der Waals surface area (Å²) >= 11 is 0. The van der Waals surface area contributed by atoms with Crippen LogP contribution in [0.15, 0.2) is 35.0 Å². The van der Waals surface area contributed by atoms with Crippen molar-refractivity contribution in [2.24, 2.45) is 5.73 Å². The van der Waals surface area contributed by atoms with Gasteiger partial charge >= 0.3 is 0 Å². The number of benzene rings is 1. The Morgan fingerprint density at radius 2 is 2.11 bits per heavy atom. The van der Waals surface area contributed by atoms with Gasteiger partial charge < -0.3 is 10.2 Å². The number of nitrogens with zero attached hydrogens (tertiary/aromatic N) is 3. The van der Waals surface area contributed by atoms with Gasteiger partial charge in [-0.25, -0.2) is 4.98 Å². The highest BCUT2D eigenvalue weighted by Crippen LogP contribution is 2.23. The van der Waals surface area contributed by atoms with Crippen molar-refractivity contribution in [3.8, 4) is 11.3 Å². The molecule has 0 aliphatic rings. The first-order chi connectivity index (χ1) is 9.26. The maximum absolute atomic E-state index is 5.52. The van der Waals surface area contributed by atoms with E-state index in [-0.39, 0.29) is 0 Å². The highest BCUT2D eigenvalue weighted by Gasteiger charge is 2.06. The summed E-state index contributed by atoms with van der Waals surface area (Å²) in [6, 6.07) is 5.83. The zero-order valence-electron chi connectivity index (χ0n) is 10.6. The van der Waals surface area contributed by atoms with Gasteiger partial charge in [-0.2, -0.15) is 0 Å². The molecular formula is C14H14N4O. The smallest absolute Gasteiger partial charge is 0.192 e. The molecule has 0 aliphatic carbocycles. The summed E-state index contributed by atoms with van der Waals surface area (Å²) in [6.45, 7) is 2.42. The average Bonchev–Trinajstić information content (AvgIpc) is 2.79. The van der Waals surface area contributed by atoms with Crippen molar-refractivity contribution in [2.75, 3.05) is 6.54 Å².